The minimum atomic E-state index is 0.0535. The van der Waals surface area contributed by atoms with Crippen LogP contribution >= 0.6 is 0 Å². The summed E-state index contributed by atoms with van der Waals surface area (Å²) < 4.78 is 12.6. The molecule has 23 heavy (non-hydrogen) atoms. The van der Waals surface area contributed by atoms with Gasteiger partial charge in [-0.05, 0) is 31.5 Å². The molecule has 0 fully saturated rings. The monoisotopic (exact) mass is 311 g/mol. The van der Waals surface area contributed by atoms with Crippen LogP contribution in [0.3, 0.4) is 0 Å². The van der Waals surface area contributed by atoms with E-state index in [0.717, 1.165) is 39.6 Å². The Labute approximate surface area is 133 Å². The Balaban J connectivity index is 1.68. The van der Waals surface area contributed by atoms with Gasteiger partial charge in [0.05, 0.1) is 11.7 Å². The lowest BCUT2D eigenvalue weighted by Crippen LogP contribution is -2.09. The first-order valence-electron chi connectivity index (χ1n) is 7.44. The zero-order valence-corrected chi connectivity index (χ0v) is 13.2. The maximum Gasteiger partial charge on any atom is 0.231 e. The van der Waals surface area contributed by atoms with Gasteiger partial charge >= 0.3 is 0 Å². The van der Waals surface area contributed by atoms with Crippen LogP contribution in [0.15, 0.2) is 24.5 Å². The first-order valence-corrected chi connectivity index (χ1v) is 7.44. The van der Waals surface area contributed by atoms with Crippen LogP contribution in [0, 0.1) is 6.92 Å². The molecule has 0 saturated heterocycles. The minimum absolute atomic E-state index is 0.0535. The molecule has 1 aliphatic heterocycles. The zero-order valence-electron chi connectivity index (χ0n) is 13.2. The number of rotatable bonds is 3. The highest BCUT2D eigenvalue weighted by Gasteiger charge is 2.18. The highest BCUT2D eigenvalue weighted by atomic mass is 16.7. The van der Waals surface area contributed by atoms with E-state index in [1.807, 2.05) is 32.2 Å². The summed E-state index contributed by atoms with van der Waals surface area (Å²) in [4.78, 5) is 8.70. The van der Waals surface area contributed by atoms with Crippen LogP contribution in [0.4, 0.5) is 5.82 Å². The molecule has 1 N–H and O–H groups in total. The molecule has 0 amide bonds. The van der Waals surface area contributed by atoms with Crippen LogP contribution < -0.4 is 14.8 Å². The van der Waals surface area contributed by atoms with E-state index in [-0.39, 0.29) is 12.8 Å². The molecule has 0 saturated carbocycles. The third-order valence-corrected chi connectivity index (χ3v) is 4.04. The number of hydrogen-bond acceptors (Lipinski definition) is 6. The van der Waals surface area contributed by atoms with Crippen LogP contribution in [-0.2, 0) is 7.05 Å². The molecule has 0 radical (unpaired) electrons. The summed E-state index contributed by atoms with van der Waals surface area (Å²) in [7, 11) is 1.90. The van der Waals surface area contributed by atoms with Crippen LogP contribution in [0.2, 0.25) is 0 Å². The van der Waals surface area contributed by atoms with Crippen molar-refractivity contribution in [3.63, 3.8) is 0 Å². The van der Waals surface area contributed by atoms with E-state index in [4.69, 9.17) is 9.47 Å². The maximum absolute atomic E-state index is 5.44. The Hall–Kier alpha value is -2.83. The Morgan fingerprint density at radius 3 is 2.91 bits per heavy atom. The summed E-state index contributed by atoms with van der Waals surface area (Å²) in [6.45, 7) is 4.30. The number of anilines is 1. The molecule has 7 nitrogen and oxygen atoms in total. The van der Waals surface area contributed by atoms with Gasteiger partial charge in [0, 0.05) is 7.05 Å². The molecule has 3 heterocycles. The molecular formula is C16H17N5O2. The van der Waals surface area contributed by atoms with Gasteiger partial charge < -0.3 is 14.8 Å². The number of benzene rings is 1. The van der Waals surface area contributed by atoms with Crippen molar-refractivity contribution in [2.45, 2.75) is 19.9 Å². The average molecular weight is 311 g/mol. The van der Waals surface area contributed by atoms with Gasteiger partial charge in [0.15, 0.2) is 17.3 Å². The number of ether oxygens (including phenoxy) is 2. The van der Waals surface area contributed by atoms with E-state index < -0.39 is 0 Å². The molecule has 1 atom stereocenters. The average Bonchev–Trinajstić information content (AvgIpc) is 3.12. The van der Waals surface area contributed by atoms with Crippen molar-refractivity contribution < 1.29 is 9.47 Å². The van der Waals surface area contributed by atoms with Crippen LogP contribution in [-0.4, -0.2) is 26.5 Å². The summed E-state index contributed by atoms with van der Waals surface area (Å²) in [6, 6.07) is 6.00. The number of hydrogen-bond donors (Lipinski definition) is 1. The number of aromatic nitrogens is 4. The lowest BCUT2D eigenvalue weighted by Gasteiger charge is -2.16. The fraction of sp³-hybridized carbons (Fsp3) is 0.312. The highest BCUT2D eigenvalue weighted by Crippen LogP contribution is 2.35. The fourth-order valence-corrected chi connectivity index (χ4v) is 2.85. The lowest BCUT2D eigenvalue weighted by molar-refractivity contribution is 0.174. The predicted octanol–water partition coefficient (Wildman–Crippen LogP) is 2.57. The fourth-order valence-electron chi connectivity index (χ4n) is 2.85. The van der Waals surface area contributed by atoms with E-state index in [2.05, 4.69) is 27.3 Å². The van der Waals surface area contributed by atoms with Crippen molar-refractivity contribution in [2.75, 3.05) is 12.1 Å². The Bertz CT molecular complexity index is 890. The van der Waals surface area contributed by atoms with Gasteiger partial charge in [0.1, 0.15) is 17.4 Å². The van der Waals surface area contributed by atoms with Crippen molar-refractivity contribution in [1.29, 1.82) is 0 Å². The predicted molar refractivity (Wildman–Crippen MR) is 85.6 cm³/mol. The highest BCUT2D eigenvalue weighted by molar-refractivity contribution is 5.87. The van der Waals surface area contributed by atoms with E-state index in [1.165, 1.54) is 0 Å². The standard InChI is InChI=1S/C16H17N5O2/c1-9(11-4-5-12-13(6-11)23-8-22-12)19-16-15-14(17-7-18-16)10(2)20-21(15)3/h4-7,9H,8H2,1-3H3,(H,17,18,19). The maximum atomic E-state index is 5.44. The lowest BCUT2D eigenvalue weighted by atomic mass is 10.1. The minimum Gasteiger partial charge on any atom is -0.454 e. The number of aryl methyl sites for hydroxylation is 2. The molecular weight excluding hydrogens is 294 g/mol. The first kappa shape index (κ1) is 13.8. The molecule has 118 valence electrons. The summed E-state index contributed by atoms with van der Waals surface area (Å²) in [6.07, 6.45) is 1.56. The van der Waals surface area contributed by atoms with E-state index in [1.54, 1.807) is 11.0 Å². The Morgan fingerprint density at radius 1 is 1.22 bits per heavy atom. The molecule has 7 heteroatoms. The first-order chi connectivity index (χ1) is 11.1. The summed E-state index contributed by atoms with van der Waals surface area (Å²) in [5.74, 6) is 2.33. The molecule has 1 unspecified atom stereocenters. The number of fused-ring (bicyclic) bond motifs is 2. The molecule has 1 aromatic carbocycles. The van der Waals surface area contributed by atoms with E-state index in [9.17, 15) is 0 Å². The van der Waals surface area contributed by atoms with E-state index >= 15 is 0 Å². The molecule has 4 rings (SSSR count). The summed E-state index contributed by atoms with van der Waals surface area (Å²) >= 11 is 0. The van der Waals surface area contributed by atoms with Crippen LogP contribution in [0.1, 0.15) is 24.2 Å². The van der Waals surface area contributed by atoms with Crippen molar-refractivity contribution in [3.05, 3.63) is 35.8 Å². The third-order valence-electron chi connectivity index (χ3n) is 4.04. The van der Waals surface area contributed by atoms with E-state index in [0.29, 0.717) is 0 Å². The molecule has 0 aliphatic carbocycles. The van der Waals surface area contributed by atoms with Crippen molar-refractivity contribution >= 4 is 16.9 Å². The smallest absolute Gasteiger partial charge is 0.231 e. The molecule has 2 aromatic heterocycles. The topological polar surface area (TPSA) is 74.1 Å². The van der Waals surface area contributed by atoms with Gasteiger partial charge in [-0.2, -0.15) is 5.10 Å². The van der Waals surface area contributed by atoms with Gasteiger partial charge in [-0.25, -0.2) is 9.97 Å². The van der Waals surface area contributed by atoms with Gasteiger partial charge in [0.25, 0.3) is 0 Å². The van der Waals surface area contributed by atoms with Crippen molar-refractivity contribution in [1.82, 2.24) is 19.7 Å². The summed E-state index contributed by atoms with van der Waals surface area (Å²) in [5, 5.41) is 7.85. The number of nitrogens with zero attached hydrogens (tertiary/aromatic N) is 4. The Kier molecular flexibility index (Phi) is 3.07. The quantitative estimate of drug-likeness (QED) is 0.801. The molecule has 0 spiro atoms. The normalized spacial score (nSPS) is 14.2. The van der Waals surface area contributed by atoms with Gasteiger partial charge in [-0.1, -0.05) is 6.07 Å². The van der Waals surface area contributed by atoms with Gasteiger partial charge in [0.2, 0.25) is 6.79 Å². The van der Waals surface area contributed by atoms with Crippen molar-refractivity contribution in [3.8, 4) is 11.5 Å². The second kappa shape index (κ2) is 5.12. The van der Waals surface area contributed by atoms with Gasteiger partial charge in [-0.3, -0.25) is 4.68 Å². The van der Waals surface area contributed by atoms with Crippen LogP contribution in [0.25, 0.3) is 11.0 Å². The second-order valence-electron chi connectivity index (χ2n) is 5.61. The van der Waals surface area contributed by atoms with Gasteiger partial charge in [-0.15, -0.1) is 0 Å². The molecule has 0 bridgehead atoms. The largest absolute Gasteiger partial charge is 0.454 e. The molecule has 3 aromatic rings. The van der Waals surface area contributed by atoms with Crippen LogP contribution in [0.5, 0.6) is 11.5 Å². The zero-order chi connectivity index (χ0) is 16.0. The summed E-state index contributed by atoms with van der Waals surface area (Å²) in [5.41, 5.74) is 3.75. The Morgan fingerprint density at radius 2 is 2.04 bits per heavy atom. The molecule has 1 aliphatic rings. The van der Waals surface area contributed by atoms with Crippen molar-refractivity contribution in [2.24, 2.45) is 7.05 Å². The SMILES string of the molecule is Cc1nn(C)c2c(NC(C)c3ccc4c(c3)OCO4)ncnc12. The third kappa shape index (κ3) is 2.25. The second-order valence-corrected chi connectivity index (χ2v) is 5.61. The number of nitrogens with one attached hydrogen (secondary N) is 1.